The highest BCUT2D eigenvalue weighted by Crippen LogP contribution is 2.30. The second-order valence-electron chi connectivity index (χ2n) is 7.95. The summed E-state index contributed by atoms with van der Waals surface area (Å²) in [5.41, 5.74) is 0.185. The van der Waals surface area contributed by atoms with E-state index in [0.717, 1.165) is 30.4 Å². The summed E-state index contributed by atoms with van der Waals surface area (Å²) in [4.78, 5) is 0. The van der Waals surface area contributed by atoms with Gasteiger partial charge in [-0.25, -0.2) is 13.2 Å². The topological polar surface area (TPSA) is 9.23 Å². The van der Waals surface area contributed by atoms with Crippen molar-refractivity contribution in [2.45, 2.75) is 13.0 Å². The third-order valence-electron chi connectivity index (χ3n) is 4.49. The number of rotatable bonds is 16. The maximum Gasteiger partial charge on any atom is 0.426 e. The van der Waals surface area contributed by atoms with Crippen LogP contribution in [0.1, 0.15) is 6.92 Å². The first-order valence-corrected chi connectivity index (χ1v) is 10.8. The molecule has 0 amide bonds. The SMILES string of the molecule is C=C(F)/C=C\C(=C)OC(F)(F)C(=C)/C=C\C(=C)C(=C)/C(F)=C\C(=C)C(=C)/C=C\C(=C)C(=C)/C(F)=C\C(=C)C. The third-order valence-corrected chi connectivity index (χ3v) is 4.49. The molecular formula is C32H31F5O. The summed E-state index contributed by atoms with van der Waals surface area (Å²) in [6.07, 6.45) is 4.84. The maximum absolute atomic E-state index is 14.7. The van der Waals surface area contributed by atoms with Crippen LogP contribution in [0.2, 0.25) is 0 Å². The molecule has 0 aromatic heterocycles. The molecule has 0 heterocycles. The molecule has 38 heavy (non-hydrogen) atoms. The van der Waals surface area contributed by atoms with Gasteiger partial charge in [0.25, 0.3) is 0 Å². The van der Waals surface area contributed by atoms with E-state index < -0.39 is 34.9 Å². The predicted octanol–water partition coefficient (Wildman–Crippen LogP) is 10.4. The minimum absolute atomic E-state index is 0.0402. The molecule has 0 saturated carbocycles. The van der Waals surface area contributed by atoms with Gasteiger partial charge in [-0.15, -0.1) is 0 Å². The van der Waals surface area contributed by atoms with E-state index in [0.29, 0.717) is 5.57 Å². The first-order chi connectivity index (χ1) is 17.4. The monoisotopic (exact) mass is 526 g/mol. The lowest BCUT2D eigenvalue weighted by molar-refractivity contribution is -0.175. The van der Waals surface area contributed by atoms with Crippen molar-refractivity contribution in [2.75, 3.05) is 0 Å². The summed E-state index contributed by atoms with van der Waals surface area (Å²) in [7, 11) is 0. The van der Waals surface area contributed by atoms with Crippen LogP contribution in [0.15, 0.2) is 182 Å². The number of alkyl halides is 2. The zero-order chi connectivity index (χ0) is 29.8. The van der Waals surface area contributed by atoms with Crippen LogP contribution < -0.4 is 0 Å². The van der Waals surface area contributed by atoms with Gasteiger partial charge in [0.1, 0.15) is 23.2 Å². The molecule has 0 fully saturated rings. The van der Waals surface area contributed by atoms with E-state index in [-0.39, 0.29) is 33.4 Å². The molecule has 0 radical (unpaired) electrons. The molecule has 1 nitrogen and oxygen atoms in total. The Morgan fingerprint density at radius 2 is 1.03 bits per heavy atom. The molecule has 0 aliphatic heterocycles. The Balaban J connectivity index is 5.29. The van der Waals surface area contributed by atoms with Gasteiger partial charge in [-0.3, -0.25) is 0 Å². The lowest BCUT2D eigenvalue weighted by atomic mass is 10.0. The summed E-state index contributed by atoms with van der Waals surface area (Å²) in [6, 6.07) is 0. The van der Waals surface area contributed by atoms with Crippen molar-refractivity contribution in [3.8, 4) is 0 Å². The fraction of sp³-hybridized carbons (Fsp3) is 0.0625. The zero-order valence-electron chi connectivity index (χ0n) is 21.5. The van der Waals surface area contributed by atoms with Crippen molar-refractivity contribution in [2.24, 2.45) is 0 Å². The van der Waals surface area contributed by atoms with E-state index in [1.165, 1.54) is 18.2 Å². The lowest BCUT2D eigenvalue weighted by Crippen LogP contribution is -2.21. The molecule has 0 aliphatic carbocycles. The van der Waals surface area contributed by atoms with Crippen LogP contribution >= 0.6 is 0 Å². The van der Waals surface area contributed by atoms with Crippen LogP contribution in [-0.2, 0) is 4.74 Å². The average Bonchev–Trinajstić information content (AvgIpc) is 2.81. The summed E-state index contributed by atoms with van der Waals surface area (Å²) in [5.74, 6) is -2.85. The van der Waals surface area contributed by atoms with Gasteiger partial charge >= 0.3 is 6.11 Å². The van der Waals surface area contributed by atoms with Crippen molar-refractivity contribution in [3.63, 3.8) is 0 Å². The Morgan fingerprint density at radius 3 is 1.50 bits per heavy atom. The summed E-state index contributed by atoms with van der Waals surface area (Å²) in [6.45, 7) is 36.6. The van der Waals surface area contributed by atoms with Crippen LogP contribution in [-0.4, -0.2) is 6.11 Å². The zero-order valence-corrected chi connectivity index (χ0v) is 21.5. The van der Waals surface area contributed by atoms with Crippen molar-refractivity contribution in [1.29, 1.82) is 0 Å². The highest BCUT2D eigenvalue weighted by atomic mass is 19.3. The Labute approximate surface area is 222 Å². The van der Waals surface area contributed by atoms with Crippen LogP contribution in [0, 0.1) is 0 Å². The Hall–Kier alpha value is -4.45. The van der Waals surface area contributed by atoms with Crippen molar-refractivity contribution in [1.82, 2.24) is 0 Å². The van der Waals surface area contributed by atoms with E-state index in [9.17, 15) is 22.0 Å². The standard InChI is InChI=1S/C32H31F5O/c1-20(2)18-30(34)28(10)22(4)13-12-21(3)24(6)19-31(35)29(11)23(5)14-15-25(7)32(36,37)38-27(9)17-16-26(8)33/h12-19H,1,3-11H2,2H3/b13-12-,15-14-,17-16-,30-18+,31-19+. The fourth-order valence-corrected chi connectivity index (χ4v) is 2.20. The van der Waals surface area contributed by atoms with Crippen molar-refractivity contribution < 1.29 is 26.7 Å². The Bertz CT molecular complexity index is 1260. The molecule has 0 unspecified atom stereocenters. The van der Waals surface area contributed by atoms with Crippen LogP contribution in [0.5, 0.6) is 0 Å². The van der Waals surface area contributed by atoms with E-state index in [4.69, 9.17) is 0 Å². The normalized spacial score (nSPS) is 12.5. The van der Waals surface area contributed by atoms with Crippen LogP contribution in [0.25, 0.3) is 0 Å². The quantitative estimate of drug-likeness (QED) is 0.110. The van der Waals surface area contributed by atoms with E-state index in [1.54, 1.807) is 6.92 Å². The molecular weight excluding hydrogens is 495 g/mol. The molecule has 0 rings (SSSR count). The van der Waals surface area contributed by atoms with Gasteiger partial charge in [-0.1, -0.05) is 89.6 Å². The first kappa shape index (κ1) is 33.5. The third kappa shape index (κ3) is 12.0. The highest BCUT2D eigenvalue weighted by molar-refractivity contribution is 5.54. The maximum atomic E-state index is 14.7. The summed E-state index contributed by atoms with van der Waals surface area (Å²) in [5, 5.41) is 0. The molecule has 0 spiro atoms. The van der Waals surface area contributed by atoms with Gasteiger partial charge in [0.15, 0.2) is 0 Å². The molecule has 0 atom stereocenters. The second-order valence-corrected chi connectivity index (χ2v) is 7.95. The summed E-state index contributed by atoms with van der Waals surface area (Å²) >= 11 is 0. The van der Waals surface area contributed by atoms with Crippen LogP contribution in [0.4, 0.5) is 22.0 Å². The molecule has 0 aromatic rings. The Kier molecular flexibility index (Phi) is 13.2. The van der Waals surface area contributed by atoms with Crippen LogP contribution in [0.3, 0.4) is 0 Å². The van der Waals surface area contributed by atoms with E-state index >= 15 is 0 Å². The molecule has 6 heteroatoms. The molecule has 0 N–H and O–H groups in total. The van der Waals surface area contributed by atoms with Gasteiger partial charge < -0.3 is 4.74 Å². The van der Waals surface area contributed by atoms with Gasteiger partial charge in [-0.2, -0.15) is 8.78 Å². The molecule has 0 aliphatic rings. The molecule has 0 saturated heterocycles. The predicted molar refractivity (Wildman–Crippen MR) is 150 cm³/mol. The van der Waals surface area contributed by atoms with Gasteiger partial charge in [0.05, 0.1) is 5.57 Å². The van der Waals surface area contributed by atoms with E-state index in [2.05, 4.69) is 70.5 Å². The minimum atomic E-state index is -3.89. The average molecular weight is 527 g/mol. The number of hydrogen-bond acceptors (Lipinski definition) is 1. The first-order valence-electron chi connectivity index (χ1n) is 10.8. The van der Waals surface area contributed by atoms with Gasteiger partial charge in [-0.05, 0) is 59.6 Å². The second kappa shape index (κ2) is 15.0. The smallest absolute Gasteiger partial charge is 0.426 e. The van der Waals surface area contributed by atoms with Crippen molar-refractivity contribution >= 4 is 0 Å². The Morgan fingerprint density at radius 1 is 0.579 bits per heavy atom. The minimum Gasteiger partial charge on any atom is -0.430 e. The lowest BCUT2D eigenvalue weighted by Gasteiger charge is -2.18. The molecule has 200 valence electrons. The summed E-state index contributed by atoms with van der Waals surface area (Å²) < 4.78 is 74.0. The van der Waals surface area contributed by atoms with Gasteiger partial charge in [0, 0.05) is 11.1 Å². The number of ether oxygens (including phenoxy) is 1. The number of hydrogen-bond donors (Lipinski definition) is 0. The molecule has 0 bridgehead atoms. The van der Waals surface area contributed by atoms with Crippen molar-refractivity contribution in [3.05, 3.63) is 182 Å². The molecule has 0 aromatic carbocycles. The van der Waals surface area contributed by atoms with Gasteiger partial charge in [0.2, 0.25) is 0 Å². The highest BCUT2D eigenvalue weighted by Gasteiger charge is 2.34. The number of allylic oxidation sites excluding steroid dienone is 17. The largest absolute Gasteiger partial charge is 0.430 e. The number of halogens is 5. The van der Waals surface area contributed by atoms with E-state index in [1.807, 2.05) is 0 Å². The fourth-order valence-electron chi connectivity index (χ4n) is 2.20.